The zero-order chi connectivity index (χ0) is 19.5. The Morgan fingerprint density at radius 2 is 1.68 bits per heavy atom. The van der Waals surface area contributed by atoms with Gasteiger partial charge >= 0.3 is 0 Å². The number of benzene rings is 2. The van der Waals surface area contributed by atoms with Crippen molar-refractivity contribution in [1.29, 1.82) is 0 Å². The molecule has 1 aliphatic heterocycles. The lowest BCUT2D eigenvalue weighted by atomic mass is 10.00. The van der Waals surface area contributed by atoms with Crippen LogP contribution in [0, 0.1) is 6.92 Å². The molecule has 0 aliphatic carbocycles. The molecular weight excluding hydrogens is 344 g/mol. The molecule has 2 aromatic carbocycles. The Hall–Kier alpha value is -2.88. The second-order valence-corrected chi connectivity index (χ2v) is 7.78. The van der Waals surface area contributed by atoms with Gasteiger partial charge < -0.3 is 9.80 Å². The number of anilines is 2. The van der Waals surface area contributed by atoms with E-state index in [2.05, 4.69) is 84.3 Å². The van der Waals surface area contributed by atoms with Crippen LogP contribution in [0.25, 0.3) is 0 Å². The molecule has 0 unspecified atom stereocenters. The largest absolute Gasteiger partial charge is 0.352 e. The minimum Gasteiger partial charge on any atom is -0.352 e. The Morgan fingerprint density at radius 3 is 2.43 bits per heavy atom. The Balaban J connectivity index is 1.63. The molecule has 4 rings (SSSR count). The SMILES string of the molecule is Cc1nc(N2CCc3ccccc3C2)cc(N(Cc2ccccc2)C(C)C)n1. The van der Waals surface area contributed by atoms with Gasteiger partial charge in [0.05, 0.1) is 0 Å². The van der Waals surface area contributed by atoms with Crippen LogP contribution in [0.15, 0.2) is 60.7 Å². The van der Waals surface area contributed by atoms with Crippen LogP contribution >= 0.6 is 0 Å². The minimum atomic E-state index is 0.351. The van der Waals surface area contributed by atoms with Gasteiger partial charge in [-0.05, 0) is 43.9 Å². The van der Waals surface area contributed by atoms with Crippen LogP contribution in [0.3, 0.4) is 0 Å². The molecule has 3 aromatic rings. The molecule has 0 saturated carbocycles. The number of aryl methyl sites for hydroxylation is 1. The molecule has 0 bridgehead atoms. The number of aromatic nitrogens is 2. The van der Waals surface area contributed by atoms with Gasteiger partial charge in [0, 0.05) is 31.7 Å². The maximum absolute atomic E-state index is 4.78. The molecule has 1 aromatic heterocycles. The van der Waals surface area contributed by atoms with Crippen molar-refractivity contribution in [2.45, 2.75) is 46.3 Å². The molecule has 4 nitrogen and oxygen atoms in total. The van der Waals surface area contributed by atoms with E-state index < -0.39 is 0 Å². The fraction of sp³-hybridized carbons (Fsp3) is 0.333. The minimum absolute atomic E-state index is 0.351. The third-order valence-electron chi connectivity index (χ3n) is 5.38. The Kier molecular flexibility index (Phi) is 5.29. The van der Waals surface area contributed by atoms with Gasteiger partial charge in [-0.3, -0.25) is 0 Å². The first-order valence-electron chi connectivity index (χ1n) is 10.1. The van der Waals surface area contributed by atoms with Crippen molar-refractivity contribution in [3.05, 3.63) is 83.2 Å². The van der Waals surface area contributed by atoms with Gasteiger partial charge in [-0.15, -0.1) is 0 Å². The number of hydrogen-bond donors (Lipinski definition) is 0. The lowest BCUT2D eigenvalue weighted by Crippen LogP contribution is -2.33. The van der Waals surface area contributed by atoms with Gasteiger partial charge in [0.15, 0.2) is 0 Å². The van der Waals surface area contributed by atoms with Crippen molar-refractivity contribution in [2.24, 2.45) is 0 Å². The zero-order valence-electron chi connectivity index (χ0n) is 17.0. The Bertz CT molecular complexity index is 936. The number of rotatable bonds is 5. The van der Waals surface area contributed by atoms with Crippen LogP contribution in [-0.4, -0.2) is 22.6 Å². The lowest BCUT2D eigenvalue weighted by molar-refractivity contribution is 0.665. The molecule has 0 radical (unpaired) electrons. The van der Waals surface area contributed by atoms with Crippen LogP contribution in [0.4, 0.5) is 11.6 Å². The summed E-state index contributed by atoms with van der Waals surface area (Å²) in [6.45, 7) is 9.18. The summed E-state index contributed by atoms with van der Waals surface area (Å²) in [5.41, 5.74) is 4.15. The smallest absolute Gasteiger partial charge is 0.134 e. The van der Waals surface area contributed by atoms with Gasteiger partial charge in [0.1, 0.15) is 17.5 Å². The second-order valence-electron chi connectivity index (χ2n) is 7.78. The van der Waals surface area contributed by atoms with Crippen molar-refractivity contribution in [1.82, 2.24) is 9.97 Å². The number of nitrogens with zero attached hydrogens (tertiary/aromatic N) is 4. The van der Waals surface area contributed by atoms with Gasteiger partial charge in [-0.25, -0.2) is 9.97 Å². The van der Waals surface area contributed by atoms with E-state index in [1.807, 2.05) is 6.92 Å². The monoisotopic (exact) mass is 372 g/mol. The zero-order valence-corrected chi connectivity index (χ0v) is 17.0. The Labute approximate surface area is 167 Å². The van der Waals surface area contributed by atoms with Gasteiger partial charge in [0.25, 0.3) is 0 Å². The molecular formula is C24H28N4. The van der Waals surface area contributed by atoms with E-state index >= 15 is 0 Å². The van der Waals surface area contributed by atoms with Crippen LogP contribution in [-0.2, 0) is 19.5 Å². The fourth-order valence-electron chi connectivity index (χ4n) is 3.85. The topological polar surface area (TPSA) is 32.3 Å². The maximum Gasteiger partial charge on any atom is 0.134 e. The summed E-state index contributed by atoms with van der Waals surface area (Å²) < 4.78 is 0. The first-order chi connectivity index (χ1) is 13.6. The van der Waals surface area contributed by atoms with Gasteiger partial charge in [-0.2, -0.15) is 0 Å². The van der Waals surface area contributed by atoms with Crippen LogP contribution < -0.4 is 9.80 Å². The third kappa shape index (κ3) is 4.01. The molecule has 0 fully saturated rings. The average Bonchev–Trinajstić information content (AvgIpc) is 2.71. The van der Waals surface area contributed by atoms with Gasteiger partial charge in [-0.1, -0.05) is 54.6 Å². The average molecular weight is 373 g/mol. The van der Waals surface area contributed by atoms with Crippen LogP contribution in [0.5, 0.6) is 0 Å². The van der Waals surface area contributed by atoms with Crippen molar-refractivity contribution in [3.63, 3.8) is 0 Å². The van der Waals surface area contributed by atoms with E-state index in [0.29, 0.717) is 6.04 Å². The quantitative estimate of drug-likeness (QED) is 0.646. The van der Waals surface area contributed by atoms with E-state index in [0.717, 1.165) is 43.5 Å². The summed E-state index contributed by atoms with van der Waals surface area (Å²) in [5, 5.41) is 0. The van der Waals surface area contributed by atoms with E-state index in [1.54, 1.807) is 0 Å². The highest BCUT2D eigenvalue weighted by molar-refractivity contribution is 5.53. The molecule has 0 spiro atoms. The highest BCUT2D eigenvalue weighted by Crippen LogP contribution is 2.27. The summed E-state index contributed by atoms with van der Waals surface area (Å²) in [7, 11) is 0. The van der Waals surface area contributed by atoms with Gasteiger partial charge in [0.2, 0.25) is 0 Å². The summed E-state index contributed by atoms with van der Waals surface area (Å²) in [6, 6.07) is 21.8. The fourth-order valence-corrected chi connectivity index (χ4v) is 3.85. The first kappa shape index (κ1) is 18.5. The van der Waals surface area contributed by atoms with E-state index in [-0.39, 0.29) is 0 Å². The van der Waals surface area contributed by atoms with Crippen molar-refractivity contribution >= 4 is 11.6 Å². The van der Waals surface area contributed by atoms with E-state index in [1.165, 1.54) is 16.7 Å². The summed E-state index contributed by atoms with van der Waals surface area (Å²) in [5.74, 6) is 2.85. The molecule has 144 valence electrons. The lowest BCUT2D eigenvalue weighted by Gasteiger charge is -2.32. The predicted molar refractivity (Wildman–Crippen MR) is 116 cm³/mol. The normalized spacial score (nSPS) is 13.5. The summed E-state index contributed by atoms with van der Waals surface area (Å²) in [6.07, 6.45) is 1.06. The molecule has 0 atom stereocenters. The van der Waals surface area contributed by atoms with Crippen molar-refractivity contribution in [2.75, 3.05) is 16.3 Å². The Morgan fingerprint density at radius 1 is 0.964 bits per heavy atom. The molecule has 28 heavy (non-hydrogen) atoms. The number of hydrogen-bond acceptors (Lipinski definition) is 4. The van der Waals surface area contributed by atoms with Crippen molar-refractivity contribution in [3.8, 4) is 0 Å². The number of fused-ring (bicyclic) bond motifs is 1. The highest BCUT2D eigenvalue weighted by atomic mass is 15.2. The molecule has 0 N–H and O–H groups in total. The summed E-state index contributed by atoms with van der Waals surface area (Å²) >= 11 is 0. The molecule has 0 saturated heterocycles. The molecule has 0 amide bonds. The van der Waals surface area contributed by atoms with Crippen molar-refractivity contribution < 1.29 is 0 Å². The molecule has 2 heterocycles. The molecule has 1 aliphatic rings. The van der Waals surface area contributed by atoms with E-state index in [9.17, 15) is 0 Å². The first-order valence-corrected chi connectivity index (χ1v) is 10.1. The van der Waals surface area contributed by atoms with Crippen LogP contribution in [0.1, 0.15) is 36.4 Å². The standard InChI is InChI=1S/C24H28N4/c1-18(2)28(16-20-9-5-4-6-10-20)24-15-23(25-19(3)26-24)27-14-13-21-11-7-8-12-22(21)17-27/h4-12,15,18H,13-14,16-17H2,1-3H3. The van der Waals surface area contributed by atoms with E-state index in [4.69, 9.17) is 9.97 Å². The second kappa shape index (κ2) is 8.01. The summed E-state index contributed by atoms with van der Waals surface area (Å²) in [4.78, 5) is 14.3. The predicted octanol–water partition coefficient (Wildman–Crippen LogP) is 4.76. The van der Waals surface area contributed by atoms with Crippen LogP contribution in [0.2, 0.25) is 0 Å². The molecule has 4 heteroatoms. The third-order valence-corrected chi connectivity index (χ3v) is 5.38. The highest BCUT2D eigenvalue weighted by Gasteiger charge is 2.20. The maximum atomic E-state index is 4.78.